The number of methoxy groups -OCH3 is 1. The maximum Gasteiger partial charge on any atom is 0.308 e. The minimum Gasteiger partial charge on any atom is -0.435 e. The van der Waals surface area contributed by atoms with Gasteiger partial charge < -0.3 is 9.47 Å². The highest BCUT2D eigenvalue weighted by Crippen LogP contribution is 2.34. The molecule has 0 amide bonds. The third kappa shape index (κ3) is 1.70. The van der Waals surface area contributed by atoms with Gasteiger partial charge in [0.2, 0.25) is 11.8 Å². The molecule has 0 aromatic rings. The number of hydrogen-bond acceptors (Lipinski definition) is 5. The molecule has 1 fully saturated rings. The van der Waals surface area contributed by atoms with E-state index in [1.54, 1.807) is 0 Å². The van der Waals surface area contributed by atoms with Crippen LogP contribution in [0.1, 0.15) is 20.3 Å². The summed E-state index contributed by atoms with van der Waals surface area (Å²) in [5.41, 5.74) is -1.22. The Morgan fingerprint density at radius 3 is 2.64 bits per heavy atom. The fourth-order valence-corrected chi connectivity index (χ4v) is 1.47. The maximum absolute atomic E-state index is 11.0. The summed E-state index contributed by atoms with van der Waals surface area (Å²) in [6.07, 6.45) is -0.769. The van der Waals surface area contributed by atoms with Gasteiger partial charge in [0.25, 0.3) is 0 Å². The molecular weight excluding hydrogens is 190 g/mol. The van der Waals surface area contributed by atoms with Gasteiger partial charge in [-0.15, -0.1) is 0 Å². The summed E-state index contributed by atoms with van der Waals surface area (Å²) in [6.45, 7) is 2.93. The third-order valence-electron chi connectivity index (χ3n) is 2.57. The molecule has 0 spiro atoms. The normalized spacial score (nSPS) is 27.5. The number of hydrogen-bond donors (Lipinski definition) is 0. The standard InChI is InChI=1S/C8H13NO5/c1-8(2,9(11)12)5-4-6(10)14-7(5)13-3/h5,7H,4H2,1-3H3/t5-,7-/m0/s1. The topological polar surface area (TPSA) is 78.7 Å². The first kappa shape index (κ1) is 10.9. The van der Waals surface area contributed by atoms with Gasteiger partial charge in [-0.1, -0.05) is 0 Å². The molecule has 0 N–H and O–H groups in total. The molecular formula is C8H13NO5. The van der Waals surface area contributed by atoms with E-state index in [1.807, 2.05) is 0 Å². The number of ether oxygens (including phenoxy) is 2. The van der Waals surface area contributed by atoms with Crippen molar-refractivity contribution in [3.05, 3.63) is 10.1 Å². The Morgan fingerprint density at radius 1 is 1.64 bits per heavy atom. The Hall–Kier alpha value is -1.17. The molecule has 1 aliphatic rings. The molecule has 0 aliphatic carbocycles. The molecule has 1 aliphatic heterocycles. The van der Waals surface area contributed by atoms with E-state index in [9.17, 15) is 14.9 Å². The summed E-state index contributed by atoms with van der Waals surface area (Å²) >= 11 is 0. The summed E-state index contributed by atoms with van der Waals surface area (Å²) in [5, 5.41) is 10.8. The van der Waals surface area contributed by atoms with E-state index in [0.29, 0.717) is 0 Å². The minimum atomic E-state index is -1.22. The van der Waals surface area contributed by atoms with Gasteiger partial charge in [0.05, 0.1) is 6.42 Å². The largest absolute Gasteiger partial charge is 0.435 e. The average molecular weight is 203 g/mol. The van der Waals surface area contributed by atoms with Gasteiger partial charge in [0.15, 0.2) is 0 Å². The highest BCUT2D eigenvalue weighted by atomic mass is 16.7. The molecule has 2 atom stereocenters. The first-order chi connectivity index (χ1) is 6.39. The van der Waals surface area contributed by atoms with E-state index in [2.05, 4.69) is 0 Å². The predicted octanol–water partition coefficient (Wildman–Crippen LogP) is 0.577. The summed E-state index contributed by atoms with van der Waals surface area (Å²) in [7, 11) is 1.37. The first-order valence-corrected chi connectivity index (χ1v) is 4.26. The highest BCUT2D eigenvalue weighted by Gasteiger charge is 2.52. The molecule has 0 bridgehead atoms. The zero-order chi connectivity index (χ0) is 10.9. The van der Waals surface area contributed by atoms with Crippen molar-refractivity contribution < 1.29 is 19.2 Å². The van der Waals surface area contributed by atoms with E-state index in [-0.39, 0.29) is 6.42 Å². The fourth-order valence-electron chi connectivity index (χ4n) is 1.47. The average Bonchev–Trinajstić information content (AvgIpc) is 2.46. The van der Waals surface area contributed by atoms with E-state index in [0.717, 1.165) is 0 Å². The summed E-state index contributed by atoms with van der Waals surface area (Å²) < 4.78 is 9.68. The molecule has 0 unspecified atom stereocenters. The highest BCUT2D eigenvalue weighted by molar-refractivity contribution is 5.72. The van der Waals surface area contributed by atoms with E-state index >= 15 is 0 Å². The van der Waals surface area contributed by atoms with Crippen molar-refractivity contribution in [2.24, 2.45) is 5.92 Å². The quantitative estimate of drug-likeness (QED) is 0.381. The Kier molecular flexibility index (Phi) is 2.75. The van der Waals surface area contributed by atoms with Gasteiger partial charge in [0.1, 0.15) is 5.92 Å². The molecule has 1 rings (SSSR count). The van der Waals surface area contributed by atoms with Crippen LogP contribution in [0.3, 0.4) is 0 Å². The fraction of sp³-hybridized carbons (Fsp3) is 0.875. The second kappa shape index (κ2) is 3.53. The second-order valence-corrected chi connectivity index (χ2v) is 3.82. The van der Waals surface area contributed by atoms with E-state index in [4.69, 9.17) is 9.47 Å². The van der Waals surface area contributed by atoms with Crippen molar-refractivity contribution >= 4 is 5.97 Å². The minimum absolute atomic E-state index is 0.0342. The smallest absolute Gasteiger partial charge is 0.308 e. The van der Waals surface area contributed by atoms with Crippen molar-refractivity contribution in [3.63, 3.8) is 0 Å². The van der Waals surface area contributed by atoms with E-state index in [1.165, 1.54) is 21.0 Å². The monoisotopic (exact) mass is 203 g/mol. The lowest BCUT2D eigenvalue weighted by atomic mass is 9.86. The number of carbonyl (C=O) groups excluding carboxylic acids is 1. The zero-order valence-corrected chi connectivity index (χ0v) is 8.35. The number of carbonyl (C=O) groups is 1. The zero-order valence-electron chi connectivity index (χ0n) is 8.35. The molecule has 0 radical (unpaired) electrons. The Labute approximate surface area is 81.3 Å². The van der Waals surface area contributed by atoms with Crippen LogP contribution in [-0.4, -0.2) is 29.8 Å². The molecule has 14 heavy (non-hydrogen) atoms. The van der Waals surface area contributed by atoms with Gasteiger partial charge in [0, 0.05) is 25.9 Å². The van der Waals surface area contributed by atoms with Crippen LogP contribution in [0.2, 0.25) is 0 Å². The predicted molar refractivity (Wildman–Crippen MR) is 46.1 cm³/mol. The van der Waals surface area contributed by atoms with Gasteiger partial charge in [-0.25, -0.2) is 0 Å². The lowest BCUT2D eigenvalue weighted by Gasteiger charge is -2.24. The lowest BCUT2D eigenvalue weighted by molar-refractivity contribution is -0.574. The Balaban J connectivity index is 2.86. The first-order valence-electron chi connectivity index (χ1n) is 4.26. The van der Waals surface area contributed by atoms with Crippen LogP contribution in [0.5, 0.6) is 0 Å². The van der Waals surface area contributed by atoms with Crippen LogP contribution in [0.4, 0.5) is 0 Å². The SMILES string of the molecule is CO[C@H]1OC(=O)C[C@@H]1C(C)(C)[N+](=O)[O-]. The van der Waals surface area contributed by atoms with Gasteiger partial charge in [-0.2, -0.15) is 0 Å². The summed E-state index contributed by atoms with van der Waals surface area (Å²) in [6, 6.07) is 0. The Bertz CT molecular complexity index is 262. The second-order valence-electron chi connectivity index (χ2n) is 3.82. The number of esters is 1. The number of nitro groups is 1. The third-order valence-corrected chi connectivity index (χ3v) is 2.57. The van der Waals surface area contributed by atoms with Crippen LogP contribution < -0.4 is 0 Å². The maximum atomic E-state index is 11.0. The van der Waals surface area contributed by atoms with Crippen LogP contribution in [-0.2, 0) is 14.3 Å². The van der Waals surface area contributed by atoms with Crippen LogP contribution in [0.15, 0.2) is 0 Å². The van der Waals surface area contributed by atoms with Gasteiger partial charge >= 0.3 is 5.97 Å². The lowest BCUT2D eigenvalue weighted by Crippen LogP contribution is -2.44. The van der Waals surface area contributed by atoms with Crippen molar-refractivity contribution in [1.82, 2.24) is 0 Å². The number of cyclic esters (lactones) is 1. The van der Waals surface area contributed by atoms with E-state index < -0.39 is 28.6 Å². The molecule has 1 saturated heterocycles. The van der Waals surface area contributed by atoms with Crippen molar-refractivity contribution in [2.45, 2.75) is 32.1 Å². The molecule has 0 saturated carbocycles. The van der Waals surface area contributed by atoms with Gasteiger partial charge in [-0.05, 0) is 0 Å². The molecule has 1 heterocycles. The molecule has 80 valence electrons. The van der Waals surface area contributed by atoms with Crippen molar-refractivity contribution in [3.8, 4) is 0 Å². The van der Waals surface area contributed by atoms with Gasteiger partial charge in [-0.3, -0.25) is 14.9 Å². The van der Waals surface area contributed by atoms with Crippen molar-refractivity contribution in [1.29, 1.82) is 0 Å². The number of nitrogens with zero attached hydrogens (tertiary/aromatic N) is 1. The molecule has 6 nitrogen and oxygen atoms in total. The molecule has 0 aromatic heterocycles. The van der Waals surface area contributed by atoms with Crippen LogP contribution in [0.25, 0.3) is 0 Å². The van der Waals surface area contributed by atoms with Crippen LogP contribution in [0, 0.1) is 16.0 Å². The number of rotatable bonds is 3. The molecule has 0 aromatic carbocycles. The molecule has 6 heteroatoms. The summed E-state index contributed by atoms with van der Waals surface area (Å²) in [5.74, 6) is -0.980. The summed E-state index contributed by atoms with van der Waals surface area (Å²) in [4.78, 5) is 21.3. The van der Waals surface area contributed by atoms with Crippen LogP contribution >= 0.6 is 0 Å². The van der Waals surface area contributed by atoms with Crippen molar-refractivity contribution in [2.75, 3.05) is 7.11 Å². The Morgan fingerprint density at radius 2 is 2.21 bits per heavy atom.